The van der Waals surface area contributed by atoms with Crippen LogP contribution in [0.4, 0.5) is 13.2 Å². The van der Waals surface area contributed by atoms with E-state index >= 15 is 0 Å². The second-order valence-electron chi connectivity index (χ2n) is 5.67. The highest BCUT2D eigenvalue weighted by molar-refractivity contribution is 6.00. The van der Waals surface area contributed by atoms with Crippen LogP contribution >= 0.6 is 0 Å². The Morgan fingerprint density at radius 2 is 1.84 bits per heavy atom. The number of hydrogen-bond donors (Lipinski definition) is 0. The molecule has 0 atom stereocenters. The van der Waals surface area contributed by atoms with Crippen molar-refractivity contribution in [2.24, 2.45) is 0 Å². The van der Waals surface area contributed by atoms with Crippen LogP contribution in [0.1, 0.15) is 21.5 Å². The molecule has 0 bridgehead atoms. The highest BCUT2D eigenvalue weighted by Gasteiger charge is 2.31. The maximum atomic E-state index is 13.1. The number of carbonyl (C=O) groups is 1. The van der Waals surface area contributed by atoms with Gasteiger partial charge in [0, 0.05) is 11.6 Å². The van der Waals surface area contributed by atoms with Gasteiger partial charge in [-0.1, -0.05) is 6.07 Å². The number of ether oxygens (including phenoxy) is 1. The Morgan fingerprint density at radius 1 is 1.08 bits per heavy atom. The van der Waals surface area contributed by atoms with Gasteiger partial charge in [0.2, 0.25) is 0 Å². The van der Waals surface area contributed by atoms with Crippen molar-refractivity contribution in [2.75, 3.05) is 7.11 Å². The third-order valence-electron chi connectivity index (χ3n) is 3.88. The predicted molar refractivity (Wildman–Crippen MR) is 88.3 cm³/mol. The summed E-state index contributed by atoms with van der Waals surface area (Å²) < 4.78 is 44.1. The highest BCUT2D eigenvalue weighted by atomic mass is 19.4. The second kappa shape index (κ2) is 6.20. The molecule has 3 aromatic rings. The molecule has 0 saturated carbocycles. The number of hydrogen-bond acceptors (Lipinski definition) is 3. The van der Waals surface area contributed by atoms with E-state index in [0.29, 0.717) is 33.2 Å². The van der Waals surface area contributed by atoms with E-state index < -0.39 is 17.7 Å². The van der Waals surface area contributed by atoms with Gasteiger partial charge in [0.25, 0.3) is 0 Å². The van der Waals surface area contributed by atoms with Gasteiger partial charge in [-0.2, -0.15) is 13.2 Å². The topological polar surface area (TPSA) is 39.2 Å². The molecule has 0 amide bonds. The first-order valence-corrected chi connectivity index (χ1v) is 7.46. The Balaban J connectivity index is 2.25. The Kier molecular flexibility index (Phi) is 4.20. The number of methoxy groups -OCH3 is 1. The van der Waals surface area contributed by atoms with Gasteiger partial charge >= 0.3 is 12.1 Å². The largest absolute Gasteiger partial charge is 0.465 e. The van der Waals surface area contributed by atoms with Crippen molar-refractivity contribution in [3.63, 3.8) is 0 Å². The van der Waals surface area contributed by atoms with Gasteiger partial charge in [0.1, 0.15) is 0 Å². The molecule has 3 nitrogen and oxygen atoms in total. The van der Waals surface area contributed by atoms with Gasteiger partial charge in [-0.15, -0.1) is 0 Å². The summed E-state index contributed by atoms with van der Waals surface area (Å²) in [7, 11) is 1.27. The van der Waals surface area contributed by atoms with E-state index in [1.807, 2.05) is 0 Å². The summed E-state index contributed by atoms with van der Waals surface area (Å²) in [6.45, 7) is 1.61. The van der Waals surface area contributed by atoms with Crippen molar-refractivity contribution in [3.8, 4) is 11.1 Å². The molecule has 0 fully saturated rings. The standard InChI is InChI=1S/C19H14F3NO2/c1-11-7-13(9-14(8-11)19(20,21)22)15-5-6-23-17-4-3-12(10-16(15)17)18(24)25-2/h3-10H,1-2H3. The molecule has 0 unspecified atom stereocenters. The molecular formula is C19H14F3NO2. The Hall–Kier alpha value is -2.89. The Bertz CT molecular complexity index is 965. The number of halogens is 3. The maximum absolute atomic E-state index is 13.1. The fourth-order valence-electron chi connectivity index (χ4n) is 2.75. The average molecular weight is 345 g/mol. The third kappa shape index (κ3) is 3.33. The van der Waals surface area contributed by atoms with E-state index in [9.17, 15) is 18.0 Å². The van der Waals surface area contributed by atoms with Crippen LogP contribution in [-0.4, -0.2) is 18.1 Å². The number of nitrogens with zero attached hydrogens (tertiary/aromatic N) is 1. The van der Waals surface area contributed by atoms with Crippen molar-refractivity contribution in [2.45, 2.75) is 13.1 Å². The summed E-state index contributed by atoms with van der Waals surface area (Å²) in [6.07, 6.45) is -2.90. The minimum absolute atomic E-state index is 0.313. The van der Waals surface area contributed by atoms with Crippen LogP contribution in [0, 0.1) is 6.92 Å². The van der Waals surface area contributed by atoms with Crippen LogP contribution in [0.2, 0.25) is 0 Å². The maximum Gasteiger partial charge on any atom is 0.416 e. The number of rotatable bonds is 2. The van der Waals surface area contributed by atoms with Gasteiger partial charge in [-0.3, -0.25) is 4.98 Å². The first-order chi connectivity index (χ1) is 11.8. The normalized spacial score (nSPS) is 11.6. The van der Waals surface area contributed by atoms with E-state index in [2.05, 4.69) is 4.98 Å². The summed E-state index contributed by atoms with van der Waals surface area (Å²) in [5.74, 6) is -0.517. The van der Waals surface area contributed by atoms with Crippen molar-refractivity contribution in [1.29, 1.82) is 0 Å². The molecule has 1 heterocycles. The molecule has 6 heteroatoms. The van der Waals surface area contributed by atoms with Crippen molar-refractivity contribution < 1.29 is 22.7 Å². The summed E-state index contributed by atoms with van der Waals surface area (Å²) in [6, 6.07) is 10.3. The number of esters is 1. The fraction of sp³-hybridized carbons (Fsp3) is 0.158. The molecule has 3 rings (SSSR count). The SMILES string of the molecule is COC(=O)c1ccc2nccc(-c3cc(C)cc(C(F)(F)F)c3)c2c1. The Labute approximate surface area is 142 Å². The zero-order valence-corrected chi connectivity index (χ0v) is 13.5. The van der Waals surface area contributed by atoms with E-state index in [0.717, 1.165) is 12.1 Å². The molecule has 0 aliphatic carbocycles. The lowest BCUT2D eigenvalue weighted by molar-refractivity contribution is -0.137. The van der Waals surface area contributed by atoms with Crippen molar-refractivity contribution in [1.82, 2.24) is 4.98 Å². The average Bonchev–Trinajstić information content (AvgIpc) is 2.58. The monoisotopic (exact) mass is 345 g/mol. The van der Waals surface area contributed by atoms with Crippen LogP contribution in [0.5, 0.6) is 0 Å². The number of benzene rings is 2. The molecule has 0 aliphatic rings. The molecule has 1 aromatic heterocycles. The molecule has 0 saturated heterocycles. The first-order valence-electron chi connectivity index (χ1n) is 7.46. The van der Waals surface area contributed by atoms with E-state index in [1.165, 1.54) is 13.3 Å². The number of fused-ring (bicyclic) bond motifs is 1. The van der Waals surface area contributed by atoms with Gasteiger partial charge in [-0.05, 0) is 60.0 Å². The molecule has 128 valence electrons. The van der Waals surface area contributed by atoms with Gasteiger partial charge in [0.15, 0.2) is 0 Å². The minimum atomic E-state index is -4.43. The lowest BCUT2D eigenvalue weighted by Gasteiger charge is -2.13. The van der Waals surface area contributed by atoms with Crippen molar-refractivity contribution in [3.05, 3.63) is 65.4 Å². The highest BCUT2D eigenvalue weighted by Crippen LogP contribution is 2.35. The molecule has 0 radical (unpaired) electrons. The third-order valence-corrected chi connectivity index (χ3v) is 3.88. The Morgan fingerprint density at radius 3 is 2.52 bits per heavy atom. The van der Waals surface area contributed by atoms with E-state index in [4.69, 9.17) is 4.74 Å². The number of aromatic nitrogens is 1. The number of alkyl halides is 3. The quantitative estimate of drug-likeness (QED) is 0.613. The van der Waals surface area contributed by atoms with E-state index in [-0.39, 0.29) is 0 Å². The molecule has 25 heavy (non-hydrogen) atoms. The smallest absolute Gasteiger partial charge is 0.416 e. The van der Waals surface area contributed by atoms with Crippen LogP contribution in [0.25, 0.3) is 22.0 Å². The molecule has 0 N–H and O–H groups in total. The van der Waals surface area contributed by atoms with Gasteiger partial charge in [-0.25, -0.2) is 4.79 Å². The summed E-state index contributed by atoms with van der Waals surface area (Å²) >= 11 is 0. The second-order valence-corrected chi connectivity index (χ2v) is 5.67. The predicted octanol–water partition coefficient (Wildman–Crippen LogP) is 5.02. The first kappa shape index (κ1) is 17.0. The van der Waals surface area contributed by atoms with Crippen LogP contribution < -0.4 is 0 Å². The molecule has 0 spiro atoms. The van der Waals surface area contributed by atoms with Crippen LogP contribution in [0.15, 0.2) is 48.7 Å². The van der Waals surface area contributed by atoms with Gasteiger partial charge < -0.3 is 4.74 Å². The van der Waals surface area contributed by atoms with E-state index in [1.54, 1.807) is 37.3 Å². The summed E-state index contributed by atoms with van der Waals surface area (Å²) in [5.41, 5.74) is 1.68. The minimum Gasteiger partial charge on any atom is -0.465 e. The van der Waals surface area contributed by atoms with Crippen LogP contribution in [-0.2, 0) is 10.9 Å². The fourth-order valence-corrected chi connectivity index (χ4v) is 2.75. The zero-order chi connectivity index (χ0) is 18.2. The number of carbonyl (C=O) groups excluding carboxylic acids is 1. The molecule has 2 aromatic carbocycles. The van der Waals surface area contributed by atoms with Crippen molar-refractivity contribution >= 4 is 16.9 Å². The van der Waals surface area contributed by atoms with Crippen LogP contribution in [0.3, 0.4) is 0 Å². The number of aryl methyl sites for hydroxylation is 1. The lowest BCUT2D eigenvalue weighted by atomic mass is 9.96. The zero-order valence-electron chi connectivity index (χ0n) is 13.5. The summed E-state index contributed by atoms with van der Waals surface area (Å²) in [4.78, 5) is 16.0. The molecular weight excluding hydrogens is 331 g/mol. The van der Waals surface area contributed by atoms with Gasteiger partial charge in [0.05, 0.1) is 23.8 Å². The molecule has 0 aliphatic heterocycles. The summed E-state index contributed by atoms with van der Waals surface area (Å²) in [5, 5.41) is 0.587. The lowest BCUT2D eigenvalue weighted by Crippen LogP contribution is -2.05. The number of pyridine rings is 1.